The van der Waals surface area contributed by atoms with Gasteiger partial charge in [0.25, 0.3) is 0 Å². The van der Waals surface area contributed by atoms with E-state index >= 15 is 0 Å². The number of nitrogens with zero attached hydrogens (tertiary/aromatic N) is 2. The molecule has 0 atom stereocenters. The van der Waals surface area contributed by atoms with Crippen molar-refractivity contribution in [3.63, 3.8) is 0 Å². The van der Waals surface area contributed by atoms with Crippen LogP contribution in [0.1, 0.15) is 24.8 Å². The van der Waals surface area contributed by atoms with Crippen LogP contribution in [0.3, 0.4) is 0 Å². The van der Waals surface area contributed by atoms with Crippen molar-refractivity contribution in [3.05, 3.63) is 29.3 Å². The first kappa shape index (κ1) is 11.1. The lowest BCUT2D eigenvalue weighted by molar-refractivity contribution is 0.415. The molecule has 1 heterocycles. The van der Waals surface area contributed by atoms with Gasteiger partial charge in [0.15, 0.2) is 0 Å². The van der Waals surface area contributed by atoms with Gasteiger partial charge in [-0.2, -0.15) is 0 Å². The third-order valence-corrected chi connectivity index (χ3v) is 3.52. The van der Waals surface area contributed by atoms with Crippen molar-refractivity contribution in [2.45, 2.75) is 19.8 Å². The molecule has 0 unspecified atom stereocenters. The molecule has 0 aliphatic heterocycles. The van der Waals surface area contributed by atoms with Crippen LogP contribution in [-0.4, -0.2) is 17.3 Å². The third-order valence-electron chi connectivity index (χ3n) is 2.25. The summed E-state index contributed by atoms with van der Waals surface area (Å²) in [6.45, 7) is 4.24. The van der Waals surface area contributed by atoms with Crippen LogP contribution < -0.4 is 4.74 Å². The van der Waals surface area contributed by atoms with Gasteiger partial charge in [-0.25, -0.2) is 0 Å². The molecule has 0 aliphatic rings. The molecule has 0 fully saturated rings. The zero-order valence-electron chi connectivity index (χ0n) is 9.60. The fourth-order valence-electron chi connectivity index (χ4n) is 1.34. The van der Waals surface area contributed by atoms with Gasteiger partial charge in [-0.3, -0.25) is 0 Å². The number of methoxy groups -OCH3 is 1. The highest BCUT2D eigenvalue weighted by Crippen LogP contribution is 2.29. The molecule has 16 heavy (non-hydrogen) atoms. The van der Waals surface area contributed by atoms with Crippen LogP contribution in [0, 0.1) is 0 Å². The molecule has 1 aromatic carbocycles. The Morgan fingerprint density at radius 1 is 1.25 bits per heavy atom. The molecule has 0 spiro atoms. The first-order chi connectivity index (χ1) is 7.70. The fraction of sp³-hybridized carbons (Fsp3) is 0.333. The Labute approximate surface area is 99.1 Å². The van der Waals surface area contributed by atoms with Crippen molar-refractivity contribution in [2.75, 3.05) is 7.11 Å². The van der Waals surface area contributed by atoms with Crippen molar-refractivity contribution in [1.82, 2.24) is 10.2 Å². The monoisotopic (exact) mass is 234 g/mol. The van der Waals surface area contributed by atoms with E-state index in [1.807, 2.05) is 24.3 Å². The lowest BCUT2D eigenvalue weighted by atomic mass is 10.2. The summed E-state index contributed by atoms with van der Waals surface area (Å²) in [6.07, 6.45) is 0. The number of benzene rings is 1. The maximum atomic E-state index is 5.19. The molecule has 84 valence electrons. The second-order valence-corrected chi connectivity index (χ2v) is 4.84. The summed E-state index contributed by atoms with van der Waals surface area (Å²) in [5.41, 5.74) is 1.06. The van der Waals surface area contributed by atoms with Crippen LogP contribution in [0.5, 0.6) is 5.75 Å². The standard InChI is InChI=1S/C12H14N2OS/c1-8(2)11-13-14-12(16-11)9-5-4-6-10(7-9)15-3/h4-8H,1-3H3. The fourth-order valence-corrected chi connectivity index (χ4v) is 2.18. The molecule has 0 aliphatic carbocycles. The Bertz CT molecular complexity index is 479. The summed E-state index contributed by atoms with van der Waals surface area (Å²) in [6, 6.07) is 7.89. The molecular formula is C12H14N2OS. The number of aromatic nitrogens is 2. The largest absolute Gasteiger partial charge is 0.497 e. The van der Waals surface area contributed by atoms with Crippen LogP contribution in [0.25, 0.3) is 10.6 Å². The molecule has 1 aromatic heterocycles. The van der Waals surface area contributed by atoms with Gasteiger partial charge in [0, 0.05) is 11.5 Å². The van der Waals surface area contributed by atoms with E-state index in [9.17, 15) is 0 Å². The molecule has 3 nitrogen and oxygen atoms in total. The number of rotatable bonds is 3. The maximum absolute atomic E-state index is 5.19. The van der Waals surface area contributed by atoms with Crippen LogP contribution in [0.15, 0.2) is 24.3 Å². The quantitative estimate of drug-likeness (QED) is 0.817. The van der Waals surface area contributed by atoms with Gasteiger partial charge in [-0.15, -0.1) is 10.2 Å². The zero-order chi connectivity index (χ0) is 11.5. The Morgan fingerprint density at radius 3 is 2.69 bits per heavy atom. The van der Waals surface area contributed by atoms with Gasteiger partial charge in [-0.05, 0) is 12.1 Å². The summed E-state index contributed by atoms with van der Waals surface area (Å²) < 4.78 is 5.19. The highest BCUT2D eigenvalue weighted by molar-refractivity contribution is 7.14. The van der Waals surface area contributed by atoms with E-state index in [2.05, 4.69) is 24.0 Å². The first-order valence-corrected chi connectivity index (χ1v) is 6.00. The molecule has 0 amide bonds. The second kappa shape index (κ2) is 4.61. The van der Waals surface area contributed by atoms with Crippen molar-refractivity contribution < 1.29 is 4.74 Å². The maximum Gasteiger partial charge on any atom is 0.147 e. The minimum atomic E-state index is 0.428. The SMILES string of the molecule is COc1cccc(-c2nnc(C(C)C)s2)c1. The van der Waals surface area contributed by atoms with E-state index in [0.717, 1.165) is 21.3 Å². The lowest BCUT2D eigenvalue weighted by Gasteiger charge is -2.00. The molecule has 0 bridgehead atoms. The van der Waals surface area contributed by atoms with Crippen molar-refractivity contribution in [3.8, 4) is 16.3 Å². The van der Waals surface area contributed by atoms with Gasteiger partial charge < -0.3 is 4.74 Å². The van der Waals surface area contributed by atoms with E-state index in [1.165, 1.54) is 0 Å². The van der Waals surface area contributed by atoms with Crippen molar-refractivity contribution in [1.29, 1.82) is 0 Å². The van der Waals surface area contributed by atoms with E-state index in [-0.39, 0.29) is 0 Å². The van der Waals surface area contributed by atoms with Crippen molar-refractivity contribution >= 4 is 11.3 Å². The van der Waals surface area contributed by atoms with Gasteiger partial charge >= 0.3 is 0 Å². The minimum absolute atomic E-state index is 0.428. The summed E-state index contributed by atoms with van der Waals surface area (Å²) in [4.78, 5) is 0. The van der Waals surface area contributed by atoms with Gasteiger partial charge in [0.05, 0.1) is 7.11 Å². The molecule has 2 rings (SSSR count). The Hall–Kier alpha value is -1.42. The highest BCUT2D eigenvalue weighted by Gasteiger charge is 2.09. The minimum Gasteiger partial charge on any atom is -0.497 e. The lowest BCUT2D eigenvalue weighted by Crippen LogP contribution is -1.84. The summed E-state index contributed by atoms with van der Waals surface area (Å²) in [5, 5.41) is 10.4. The average molecular weight is 234 g/mol. The molecule has 0 saturated heterocycles. The number of ether oxygens (including phenoxy) is 1. The molecule has 0 N–H and O–H groups in total. The van der Waals surface area contributed by atoms with Gasteiger partial charge in [-0.1, -0.05) is 37.3 Å². The zero-order valence-corrected chi connectivity index (χ0v) is 10.4. The molecule has 4 heteroatoms. The Balaban J connectivity index is 2.34. The summed E-state index contributed by atoms with van der Waals surface area (Å²) >= 11 is 1.64. The molecule has 2 aromatic rings. The van der Waals surface area contributed by atoms with E-state index in [1.54, 1.807) is 18.4 Å². The topological polar surface area (TPSA) is 35.0 Å². The smallest absolute Gasteiger partial charge is 0.147 e. The first-order valence-electron chi connectivity index (χ1n) is 5.18. The van der Waals surface area contributed by atoms with Crippen LogP contribution >= 0.6 is 11.3 Å². The number of hydrogen-bond donors (Lipinski definition) is 0. The summed E-state index contributed by atoms with van der Waals surface area (Å²) in [7, 11) is 1.67. The highest BCUT2D eigenvalue weighted by atomic mass is 32.1. The molecular weight excluding hydrogens is 220 g/mol. The summed E-state index contributed by atoms with van der Waals surface area (Å²) in [5.74, 6) is 1.27. The normalized spacial score (nSPS) is 10.8. The Kier molecular flexibility index (Phi) is 3.19. The Morgan fingerprint density at radius 2 is 2.06 bits per heavy atom. The number of hydrogen-bond acceptors (Lipinski definition) is 4. The van der Waals surface area contributed by atoms with Crippen molar-refractivity contribution in [2.24, 2.45) is 0 Å². The van der Waals surface area contributed by atoms with E-state index in [4.69, 9.17) is 4.74 Å². The van der Waals surface area contributed by atoms with E-state index in [0.29, 0.717) is 5.92 Å². The molecule has 0 radical (unpaired) electrons. The average Bonchev–Trinajstić information content (AvgIpc) is 2.78. The van der Waals surface area contributed by atoms with Crippen LogP contribution in [0.4, 0.5) is 0 Å². The third kappa shape index (κ3) is 2.22. The van der Waals surface area contributed by atoms with Gasteiger partial charge in [0.2, 0.25) is 0 Å². The second-order valence-electron chi connectivity index (χ2n) is 3.83. The van der Waals surface area contributed by atoms with E-state index < -0.39 is 0 Å². The predicted molar refractivity (Wildman–Crippen MR) is 66.0 cm³/mol. The van der Waals surface area contributed by atoms with Gasteiger partial charge in [0.1, 0.15) is 15.8 Å². The van der Waals surface area contributed by atoms with Crippen LogP contribution in [0.2, 0.25) is 0 Å². The van der Waals surface area contributed by atoms with Crippen LogP contribution in [-0.2, 0) is 0 Å². The molecule has 0 saturated carbocycles. The predicted octanol–water partition coefficient (Wildman–Crippen LogP) is 3.34.